The van der Waals surface area contributed by atoms with E-state index in [9.17, 15) is 18.1 Å². The zero-order chi connectivity index (χ0) is 19.2. The molecule has 0 aliphatic rings. The Labute approximate surface area is 162 Å². The fraction of sp³-hybridized carbons (Fsp3) is 0.294. The van der Waals surface area contributed by atoms with Crippen molar-refractivity contribution in [1.82, 2.24) is 4.31 Å². The van der Waals surface area contributed by atoms with Gasteiger partial charge in [-0.15, -0.1) is 0 Å². The zero-order valence-electron chi connectivity index (χ0n) is 13.8. The van der Waals surface area contributed by atoms with Crippen molar-refractivity contribution in [2.75, 3.05) is 19.7 Å². The Morgan fingerprint density at radius 3 is 2.42 bits per heavy atom. The first-order valence-corrected chi connectivity index (χ1v) is 9.93. The quantitative estimate of drug-likeness (QED) is 0.609. The Morgan fingerprint density at radius 1 is 1.12 bits per heavy atom. The summed E-state index contributed by atoms with van der Waals surface area (Å²) in [6.07, 6.45) is -0.753. The van der Waals surface area contributed by atoms with Crippen molar-refractivity contribution in [1.29, 1.82) is 0 Å². The number of hydrogen-bond donors (Lipinski definition) is 2. The van der Waals surface area contributed by atoms with Gasteiger partial charge in [0.1, 0.15) is 18.5 Å². The van der Waals surface area contributed by atoms with Crippen LogP contribution in [0.5, 0.6) is 5.75 Å². The molecule has 2 aromatic rings. The molecule has 2 aromatic carbocycles. The highest BCUT2D eigenvalue weighted by Gasteiger charge is 2.22. The topological polar surface area (TPSA) is 87.1 Å². The number of hydrogen-bond acceptors (Lipinski definition) is 4. The molecule has 2 N–H and O–H groups in total. The van der Waals surface area contributed by atoms with Crippen LogP contribution in [0.15, 0.2) is 48.5 Å². The highest BCUT2D eigenvalue weighted by Crippen LogP contribution is 2.27. The van der Waals surface area contributed by atoms with E-state index in [4.69, 9.17) is 27.9 Å². The summed E-state index contributed by atoms with van der Waals surface area (Å²) in [6, 6.07) is 13.9. The summed E-state index contributed by atoms with van der Waals surface area (Å²) in [4.78, 5) is 0. The molecule has 26 heavy (non-hydrogen) atoms. The Balaban J connectivity index is 1.92. The molecule has 0 aliphatic carbocycles. The lowest BCUT2D eigenvalue weighted by Gasteiger charge is -2.22. The lowest BCUT2D eigenvalue weighted by atomic mass is 10.1. The fourth-order valence-corrected chi connectivity index (χ4v) is 3.41. The second-order valence-corrected chi connectivity index (χ2v) is 7.87. The van der Waals surface area contributed by atoms with Gasteiger partial charge in [0.25, 0.3) is 0 Å². The van der Waals surface area contributed by atoms with Crippen molar-refractivity contribution in [2.45, 2.75) is 12.5 Å². The molecule has 0 aliphatic heterocycles. The van der Waals surface area contributed by atoms with Crippen LogP contribution in [0, 0.1) is 0 Å². The van der Waals surface area contributed by atoms with E-state index in [2.05, 4.69) is 0 Å². The molecule has 0 spiro atoms. The third-order valence-corrected chi connectivity index (χ3v) is 5.07. The maximum atomic E-state index is 11.5. The van der Waals surface area contributed by atoms with Gasteiger partial charge in [-0.05, 0) is 30.2 Å². The summed E-state index contributed by atoms with van der Waals surface area (Å²) >= 11 is 11.8. The van der Waals surface area contributed by atoms with Gasteiger partial charge in [-0.3, -0.25) is 4.55 Å². The zero-order valence-corrected chi connectivity index (χ0v) is 16.1. The summed E-state index contributed by atoms with van der Waals surface area (Å²) in [5.41, 5.74) is 0.917. The lowest BCUT2D eigenvalue weighted by Crippen LogP contribution is -2.40. The van der Waals surface area contributed by atoms with E-state index < -0.39 is 16.4 Å². The van der Waals surface area contributed by atoms with Gasteiger partial charge in [-0.25, -0.2) is 0 Å². The molecule has 9 heteroatoms. The molecule has 142 valence electrons. The van der Waals surface area contributed by atoms with Crippen LogP contribution >= 0.6 is 23.2 Å². The highest BCUT2D eigenvalue weighted by atomic mass is 35.5. The van der Waals surface area contributed by atoms with Gasteiger partial charge in [-0.1, -0.05) is 53.5 Å². The summed E-state index contributed by atoms with van der Waals surface area (Å²) in [5.74, 6) is 0.317. The van der Waals surface area contributed by atoms with E-state index in [-0.39, 0.29) is 24.7 Å². The molecular weight excluding hydrogens is 401 g/mol. The number of rotatable bonds is 9. The molecule has 0 radical (unpaired) electrons. The monoisotopic (exact) mass is 419 g/mol. The van der Waals surface area contributed by atoms with Crippen molar-refractivity contribution >= 4 is 33.5 Å². The van der Waals surface area contributed by atoms with Crippen LogP contribution < -0.4 is 4.74 Å². The maximum absolute atomic E-state index is 11.5. The van der Waals surface area contributed by atoms with Gasteiger partial charge in [0.15, 0.2) is 0 Å². The van der Waals surface area contributed by atoms with E-state index >= 15 is 0 Å². The van der Waals surface area contributed by atoms with Crippen LogP contribution in [0.3, 0.4) is 0 Å². The minimum Gasteiger partial charge on any atom is -0.489 e. The molecule has 0 bridgehead atoms. The van der Waals surface area contributed by atoms with E-state index in [1.165, 1.54) is 6.07 Å². The molecular formula is C17H19Cl2NO5S. The van der Waals surface area contributed by atoms with Crippen LogP contribution in [0.2, 0.25) is 10.0 Å². The van der Waals surface area contributed by atoms with Crippen LogP contribution in [0.1, 0.15) is 5.56 Å². The molecule has 0 amide bonds. The molecule has 0 saturated carbocycles. The Hall–Kier alpha value is -1.35. The molecule has 0 saturated heterocycles. The van der Waals surface area contributed by atoms with Crippen LogP contribution in [-0.2, 0) is 16.7 Å². The van der Waals surface area contributed by atoms with Gasteiger partial charge < -0.3 is 9.84 Å². The number of ether oxygens (including phenoxy) is 1. The molecule has 6 nitrogen and oxygen atoms in total. The predicted octanol–water partition coefficient (Wildman–Crippen LogP) is 3.08. The number of nitrogens with zero attached hydrogens (tertiary/aromatic N) is 1. The third-order valence-electron chi connectivity index (χ3n) is 3.56. The largest absolute Gasteiger partial charge is 0.489 e. The fourth-order valence-electron chi connectivity index (χ4n) is 2.27. The average molecular weight is 420 g/mol. The molecule has 2 rings (SSSR count). The first-order valence-electron chi connectivity index (χ1n) is 7.78. The van der Waals surface area contributed by atoms with E-state index in [1.807, 2.05) is 30.3 Å². The predicted molar refractivity (Wildman–Crippen MR) is 101 cm³/mol. The minimum atomic E-state index is -4.45. The van der Waals surface area contributed by atoms with Gasteiger partial charge >= 0.3 is 10.3 Å². The normalized spacial score (nSPS) is 13.0. The van der Waals surface area contributed by atoms with E-state index in [0.717, 1.165) is 9.87 Å². The molecule has 0 heterocycles. The lowest BCUT2D eigenvalue weighted by molar-refractivity contribution is 0.0874. The summed E-state index contributed by atoms with van der Waals surface area (Å²) in [7, 11) is -4.45. The first kappa shape index (κ1) is 21.0. The van der Waals surface area contributed by atoms with Gasteiger partial charge in [0, 0.05) is 18.1 Å². The standard InChI is InChI=1S/C17H19Cl2NO5S/c18-14-6-7-17(16(19)10-14)25-12-15(21)11-20(26(22,23)24)9-8-13-4-2-1-3-5-13/h1-7,10,15,21H,8-9,11-12H2,(H,22,23,24). The van der Waals surface area contributed by atoms with Crippen molar-refractivity contribution in [3.05, 3.63) is 64.1 Å². The average Bonchev–Trinajstić information content (AvgIpc) is 2.57. The molecule has 1 unspecified atom stereocenters. The SMILES string of the molecule is O=S(=O)(O)N(CCc1ccccc1)CC(O)COc1ccc(Cl)cc1Cl. The number of aliphatic hydroxyl groups excluding tert-OH is 1. The number of benzene rings is 2. The van der Waals surface area contributed by atoms with E-state index in [0.29, 0.717) is 17.2 Å². The van der Waals surface area contributed by atoms with Crippen molar-refractivity contribution < 1.29 is 22.8 Å². The second kappa shape index (κ2) is 9.55. The van der Waals surface area contributed by atoms with Gasteiger partial charge in [0.05, 0.1) is 5.02 Å². The van der Waals surface area contributed by atoms with Crippen molar-refractivity contribution in [3.63, 3.8) is 0 Å². The highest BCUT2D eigenvalue weighted by molar-refractivity contribution is 7.83. The smallest absolute Gasteiger partial charge is 0.336 e. The Kier molecular flexibility index (Phi) is 7.69. The summed E-state index contributed by atoms with van der Waals surface area (Å²) in [6.45, 7) is -0.475. The summed E-state index contributed by atoms with van der Waals surface area (Å²) < 4.78 is 38.7. The van der Waals surface area contributed by atoms with Gasteiger partial charge in [0.2, 0.25) is 0 Å². The van der Waals surface area contributed by atoms with Crippen molar-refractivity contribution in [3.8, 4) is 5.75 Å². The third kappa shape index (κ3) is 6.75. The molecule has 0 fully saturated rings. The van der Waals surface area contributed by atoms with Gasteiger partial charge in [-0.2, -0.15) is 12.7 Å². The van der Waals surface area contributed by atoms with E-state index in [1.54, 1.807) is 12.1 Å². The number of aliphatic hydroxyl groups is 1. The van der Waals surface area contributed by atoms with Crippen LogP contribution in [0.4, 0.5) is 0 Å². The van der Waals surface area contributed by atoms with Crippen molar-refractivity contribution in [2.24, 2.45) is 0 Å². The summed E-state index contributed by atoms with van der Waals surface area (Å²) in [5, 5.41) is 10.8. The Morgan fingerprint density at radius 2 is 1.81 bits per heavy atom. The first-order chi connectivity index (χ1) is 12.3. The molecule has 0 aromatic heterocycles. The van der Waals surface area contributed by atoms with Crippen LogP contribution in [-0.4, -0.2) is 48.2 Å². The Bertz CT molecular complexity index is 817. The number of halogens is 2. The maximum Gasteiger partial charge on any atom is 0.336 e. The second-order valence-electron chi connectivity index (χ2n) is 5.61. The van der Waals surface area contributed by atoms with Crippen LogP contribution in [0.25, 0.3) is 0 Å². The minimum absolute atomic E-state index is 0.0294. The molecule has 1 atom stereocenters.